The fraction of sp³-hybridized carbons (Fsp3) is 0.421. The average Bonchev–Trinajstić information content (AvgIpc) is 3.47. The summed E-state index contributed by atoms with van der Waals surface area (Å²) in [6.07, 6.45) is 5.76. The summed E-state index contributed by atoms with van der Waals surface area (Å²) < 4.78 is 7.13. The second kappa shape index (κ2) is 7.65. The molecule has 2 atom stereocenters. The van der Waals surface area contributed by atoms with Crippen molar-refractivity contribution in [1.82, 2.24) is 35.4 Å². The number of H-pyrrole nitrogens is 1. The summed E-state index contributed by atoms with van der Waals surface area (Å²) in [6.45, 7) is 0.812. The first-order valence-electron chi connectivity index (χ1n) is 10.0. The highest BCUT2D eigenvalue weighted by Crippen LogP contribution is 2.36. The minimum Gasteiger partial charge on any atom is -0.446 e. The van der Waals surface area contributed by atoms with Gasteiger partial charge in [0.25, 0.3) is 5.91 Å². The number of carbonyl (C=O) groups is 2. The van der Waals surface area contributed by atoms with Crippen LogP contribution in [0, 0.1) is 0 Å². The molecule has 5 rings (SSSR count). The Kier molecular flexibility index (Phi) is 4.69. The molecule has 30 heavy (non-hydrogen) atoms. The van der Waals surface area contributed by atoms with E-state index in [0.717, 1.165) is 30.5 Å². The van der Waals surface area contributed by atoms with Gasteiger partial charge in [-0.15, -0.1) is 0 Å². The number of hydrogen-bond donors (Lipinski definition) is 4. The molecular weight excluding hydrogens is 388 g/mol. The summed E-state index contributed by atoms with van der Waals surface area (Å²) in [5.74, 6) is 1.02. The highest BCUT2D eigenvalue weighted by Gasteiger charge is 2.30. The molecule has 1 aliphatic heterocycles. The van der Waals surface area contributed by atoms with E-state index in [4.69, 9.17) is 4.74 Å². The van der Waals surface area contributed by atoms with E-state index in [1.165, 1.54) is 0 Å². The van der Waals surface area contributed by atoms with Crippen molar-refractivity contribution in [2.45, 2.75) is 37.7 Å². The maximum atomic E-state index is 12.5. The molecule has 1 saturated carbocycles. The van der Waals surface area contributed by atoms with Crippen molar-refractivity contribution in [3.63, 3.8) is 0 Å². The van der Waals surface area contributed by atoms with E-state index < -0.39 is 6.09 Å². The Morgan fingerprint density at radius 1 is 1.17 bits per heavy atom. The number of nitrogens with one attached hydrogen (secondary N) is 4. The van der Waals surface area contributed by atoms with Crippen LogP contribution in [0.3, 0.4) is 0 Å². The maximum Gasteiger partial charge on any atom is 0.407 e. The van der Waals surface area contributed by atoms with Gasteiger partial charge in [0.1, 0.15) is 17.3 Å². The van der Waals surface area contributed by atoms with Crippen molar-refractivity contribution in [3.8, 4) is 0 Å². The van der Waals surface area contributed by atoms with E-state index in [0.29, 0.717) is 31.1 Å². The first kappa shape index (κ1) is 18.4. The van der Waals surface area contributed by atoms with Gasteiger partial charge in [-0.1, -0.05) is 0 Å². The van der Waals surface area contributed by atoms with Gasteiger partial charge in [0.15, 0.2) is 11.6 Å². The predicted molar refractivity (Wildman–Crippen MR) is 107 cm³/mol. The molecule has 6 bridgehead atoms. The third-order valence-corrected chi connectivity index (χ3v) is 5.47. The van der Waals surface area contributed by atoms with Gasteiger partial charge < -0.3 is 20.7 Å². The fourth-order valence-electron chi connectivity index (χ4n) is 3.95. The minimum atomic E-state index is -0.421. The second-order valence-corrected chi connectivity index (χ2v) is 7.54. The summed E-state index contributed by atoms with van der Waals surface area (Å²) >= 11 is 0. The summed E-state index contributed by atoms with van der Waals surface area (Å²) in [7, 11) is 0. The van der Waals surface area contributed by atoms with Crippen molar-refractivity contribution in [1.29, 1.82) is 0 Å². The largest absolute Gasteiger partial charge is 0.446 e. The first-order chi connectivity index (χ1) is 14.7. The number of nitrogens with zero attached hydrogens (tertiary/aromatic N) is 4. The molecule has 0 saturated heterocycles. The van der Waals surface area contributed by atoms with Crippen molar-refractivity contribution in [2.75, 3.05) is 18.4 Å². The third-order valence-electron chi connectivity index (χ3n) is 5.47. The zero-order chi connectivity index (χ0) is 20.5. The number of ether oxygens (including phenoxy) is 1. The van der Waals surface area contributed by atoms with Gasteiger partial charge in [-0.05, 0) is 31.7 Å². The van der Waals surface area contributed by atoms with Crippen LogP contribution in [0.1, 0.15) is 47.8 Å². The molecule has 2 aliphatic rings. The van der Waals surface area contributed by atoms with Crippen LogP contribution >= 0.6 is 0 Å². The first-order valence-corrected chi connectivity index (χ1v) is 10.0. The normalized spacial score (nSPS) is 22.4. The van der Waals surface area contributed by atoms with E-state index in [2.05, 4.69) is 36.2 Å². The van der Waals surface area contributed by atoms with E-state index in [-0.39, 0.29) is 23.6 Å². The highest BCUT2D eigenvalue weighted by atomic mass is 16.6. The standard InChI is InChI=1S/C19H22N8O3/c28-18-14-10-27-15(4-7-22-27)17(23-14)24-16-9-13(25-26-16)11-2-3-12(8-11)30-19(29)21-6-1-5-20-18/h4,7,9-12H,1-3,5-6,8H2,(H,20,28)(H,21,29)(H2,23,24,25,26)/t11-,12+/m0/s1. The second-order valence-electron chi connectivity index (χ2n) is 7.54. The predicted octanol–water partition coefficient (Wildman–Crippen LogP) is 1.69. The monoisotopic (exact) mass is 410 g/mol. The van der Waals surface area contributed by atoms with E-state index in [9.17, 15) is 9.59 Å². The molecule has 4 N–H and O–H groups in total. The van der Waals surface area contributed by atoms with Crippen LogP contribution in [-0.4, -0.2) is 56.0 Å². The van der Waals surface area contributed by atoms with Crippen molar-refractivity contribution < 1.29 is 14.3 Å². The Hall–Kier alpha value is -3.63. The summed E-state index contributed by atoms with van der Waals surface area (Å²) in [5.41, 5.74) is 1.95. The van der Waals surface area contributed by atoms with E-state index in [1.54, 1.807) is 16.9 Å². The lowest BCUT2D eigenvalue weighted by Gasteiger charge is -2.13. The zero-order valence-corrected chi connectivity index (χ0v) is 16.2. The maximum absolute atomic E-state index is 12.5. The SMILES string of the molecule is O=C1NCCCNC(=O)c2cn3nccc3c(n2)Nc2cc([nH]n2)[C@H]2CC[C@H](C2)O1. The molecule has 4 heterocycles. The fourth-order valence-corrected chi connectivity index (χ4v) is 3.95. The van der Waals surface area contributed by atoms with Gasteiger partial charge in [0.05, 0.1) is 12.4 Å². The Labute approximate surface area is 171 Å². The molecular formula is C19H22N8O3. The van der Waals surface area contributed by atoms with Crippen LogP contribution in [0.25, 0.3) is 5.52 Å². The van der Waals surface area contributed by atoms with Gasteiger partial charge in [0.2, 0.25) is 0 Å². The molecule has 0 spiro atoms. The molecule has 0 radical (unpaired) electrons. The molecule has 0 aromatic carbocycles. The molecule has 156 valence electrons. The third kappa shape index (κ3) is 3.65. The number of alkyl carbamates (subject to hydrolysis) is 1. The number of hydrogen-bond acceptors (Lipinski definition) is 7. The van der Waals surface area contributed by atoms with Crippen LogP contribution in [0.4, 0.5) is 16.4 Å². The molecule has 0 unspecified atom stereocenters. The molecule has 1 fully saturated rings. The quantitative estimate of drug-likeness (QED) is 0.442. The molecule has 11 nitrogen and oxygen atoms in total. The van der Waals surface area contributed by atoms with Crippen molar-refractivity contribution in [2.24, 2.45) is 0 Å². The van der Waals surface area contributed by atoms with Crippen LogP contribution in [0.5, 0.6) is 0 Å². The van der Waals surface area contributed by atoms with E-state index >= 15 is 0 Å². The summed E-state index contributed by atoms with van der Waals surface area (Å²) in [5, 5.41) is 20.4. The molecule has 3 aromatic heterocycles. The van der Waals surface area contributed by atoms with Crippen LogP contribution in [0.2, 0.25) is 0 Å². The topological polar surface area (TPSA) is 138 Å². The summed E-state index contributed by atoms with van der Waals surface area (Å²) in [4.78, 5) is 29.0. The number of anilines is 2. The van der Waals surface area contributed by atoms with Crippen molar-refractivity contribution >= 4 is 29.2 Å². The Balaban J connectivity index is 1.46. The highest BCUT2D eigenvalue weighted by molar-refractivity contribution is 5.93. The summed E-state index contributed by atoms with van der Waals surface area (Å²) in [6, 6.07) is 3.75. The number of amides is 2. The lowest BCUT2D eigenvalue weighted by molar-refractivity contribution is 0.0947. The van der Waals surface area contributed by atoms with Gasteiger partial charge in [0, 0.05) is 30.8 Å². The molecule has 2 amide bonds. The number of aromatic amines is 1. The van der Waals surface area contributed by atoms with Crippen LogP contribution < -0.4 is 16.0 Å². The zero-order valence-electron chi connectivity index (χ0n) is 16.2. The smallest absolute Gasteiger partial charge is 0.407 e. The van der Waals surface area contributed by atoms with Crippen molar-refractivity contribution in [3.05, 3.63) is 35.9 Å². The van der Waals surface area contributed by atoms with Gasteiger partial charge >= 0.3 is 6.09 Å². The number of carbonyl (C=O) groups excluding carboxylic acids is 2. The van der Waals surface area contributed by atoms with Gasteiger partial charge in [-0.2, -0.15) is 10.2 Å². The Morgan fingerprint density at radius 3 is 3.00 bits per heavy atom. The van der Waals surface area contributed by atoms with Crippen LogP contribution in [-0.2, 0) is 4.74 Å². The number of aromatic nitrogens is 5. The minimum absolute atomic E-state index is 0.113. The van der Waals surface area contributed by atoms with Gasteiger partial charge in [-0.3, -0.25) is 9.89 Å². The molecule has 1 aliphatic carbocycles. The Bertz CT molecular complexity index is 1090. The lowest BCUT2D eigenvalue weighted by Crippen LogP contribution is -2.32. The number of fused-ring (bicyclic) bond motifs is 9. The number of rotatable bonds is 0. The Morgan fingerprint density at radius 2 is 2.07 bits per heavy atom. The molecule has 3 aromatic rings. The van der Waals surface area contributed by atoms with E-state index in [1.807, 2.05) is 12.1 Å². The lowest BCUT2D eigenvalue weighted by atomic mass is 10.0. The molecule has 11 heteroatoms. The van der Waals surface area contributed by atoms with Crippen LogP contribution in [0.15, 0.2) is 24.5 Å². The van der Waals surface area contributed by atoms with Gasteiger partial charge in [-0.25, -0.2) is 14.3 Å². The average molecular weight is 410 g/mol.